The molecule has 0 saturated carbocycles. The third-order valence-corrected chi connectivity index (χ3v) is 4.25. The molecule has 1 aromatic heterocycles. The van der Waals surface area contributed by atoms with Gasteiger partial charge < -0.3 is 4.90 Å². The molecule has 0 radical (unpaired) electrons. The van der Waals surface area contributed by atoms with Gasteiger partial charge >= 0.3 is 0 Å². The third-order valence-electron chi connectivity index (χ3n) is 3.55. The van der Waals surface area contributed by atoms with Crippen LogP contribution in [0.25, 0.3) is 0 Å². The standard InChI is InChI=1S/C13H20N2OS/c1-3-10(4-2)8-15-12(16)7-14-13(15)11-5-6-17-9-11/h5-6,9-10,13-14H,3-4,7-8H2,1-2H3. The second-order valence-electron chi connectivity index (χ2n) is 4.57. The highest BCUT2D eigenvalue weighted by molar-refractivity contribution is 7.07. The Hall–Kier alpha value is -0.870. The topological polar surface area (TPSA) is 32.3 Å². The van der Waals surface area contributed by atoms with Gasteiger partial charge in [-0.1, -0.05) is 26.7 Å². The molecule has 2 heterocycles. The summed E-state index contributed by atoms with van der Waals surface area (Å²) in [6, 6.07) is 2.10. The maximum atomic E-state index is 11.9. The number of carbonyl (C=O) groups is 1. The largest absolute Gasteiger partial charge is 0.322 e. The molecule has 0 bridgehead atoms. The van der Waals surface area contributed by atoms with Crippen LogP contribution >= 0.6 is 11.3 Å². The first-order chi connectivity index (χ1) is 8.26. The van der Waals surface area contributed by atoms with Crippen molar-refractivity contribution >= 4 is 17.2 Å². The van der Waals surface area contributed by atoms with Gasteiger partial charge in [-0.3, -0.25) is 10.1 Å². The first-order valence-corrected chi connectivity index (χ1v) is 7.25. The van der Waals surface area contributed by atoms with Crippen LogP contribution in [0.5, 0.6) is 0 Å². The van der Waals surface area contributed by atoms with E-state index in [1.54, 1.807) is 11.3 Å². The number of hydrogen-bond acceptors (Lipinski definition) is 3. The van der Waals surface area contributed by atoms with E-state index in [0.717, 1.165) is 19.4 Å². The van der Waals surface area contributed by atoms with Crippen molar-refractivity contribution in [1.82, 2.24) is 10.2 Å². The van der Waals surface area contributed by atoms with E-state index in [-0.39, 0.29) is 12.1 Å². The molecule has 2 rings (SSSR count). The van der Waals surface area contributed by atoms with Crippen LogP contribution in [0.1, 0.15) is 38.4 Å². The van der Waals surface area contributed by atoms with Crippen molar-refractivity contribution in [2.75, 3.05) is 13.1 Å². The third kappa shape index (κ3) is 2.69. The van der Waals surface area contributed by atoms with Gasteiger partial charge in [-0.2, -0.15) is 11.3 Å². The summed E-state index contributed by atoms with van der Waals surface area (Å²) in [4.78, 5) is 13.9. The van der Waals surface area contributed by atoms with Gasteiger partial charge in [0.2, 0.25) is 5.91 Å². The summed E-state index contributed by atoms with van der Waals surface area (Å²) in [6.07, 6.45) is 2.36. The lowest BCUT2D eigenvalue weighted by atomic mass is 10.0. The predicted molar refractivity (Wildman–Crippen MR) is 70.8 cm³/mol. The first kappa shape index (κ1) is 12.6. The highest BCUT2D eigenvalue weighted by Crippen LogP contribution is 2.26. The molecule has 17 heavy (non-hydrogen) atoms. The van der Waals surface area contributed by atoms with Gasteiger partial charge in [-0.05, 0) is 28.3 Å². The average Bonchev–Trinajstić information content (AvgIpc) is 2.96. The van der Waals surface area contributed by atoms with Crippen molar-refractivity contribution in [2.45, 2.75) is 32.9 Å². The Bertz CT molecular complexity index is 360. The maximum absolute atomic E-state index is 11.9. The smallest absolute Gasteiger partial charge is 0.238 e. The van der Waals surface area contributed by atoms with Crippen LogP contribution in [0.4, 0.5) is 0 Å². The van der Waals surface area contributed by atoms with Crippen molar-refractivity contribution < 1.29 is 4.79 Å². The minimum absolute atomic E-state index is 0.0920. The van der Waals surface area contributed by atoms with E-state index in [2.05, 4.69) is 36.0 Å². The highest BCUT2D eigenvalue weighted by Gasteiger charge is 2.32. The van der Waals surface area contributed by atoms with Crippen LogP contribution in [-0.2, 0) is 4.79 Å². The predicted octanol–water partition coefficient (Wildman–Crippen LogP) is 2.61. The van der Waals surface area contributed by atoms with Gasteiger partial charge in [0.1, 0.15) is 6.17 Å². The number of nitrogens with one attached hydrogen (secondary N) is 1. The summed E-state index contributed by atoms with van der Waals surface area (Å²) >= 11 is 1.68. The second-order valence-corrected chi connectivity index (χ2v) is 5.35. The normalized spacial score (nSPS) is 20.5. The molecule has 1 saturated heterocycles. The fourth-order valence-corrected chi connectivity index (χ4v) is 2.98. The molecule has 1 amide bonds. The van der Waals surface area contributed by atoms with Gasteiger partial charge in [-0.25, -0.2) is 0 Å². The summed E-state index contributed by atoms with van der Waals surface area (Å²) in [7, 11) is 0. The number of rotatable bonds is 5. The molecule has 0 aromatic carbocycles. The lowest BCUT2D eigenvalue weighted by molar-refractivity contribution is -0.128. The lowest BCUT2D eigenvalue weighted by Crippen LogP contribution is -2.34. The quantitative estimate of drug-likeness (QED) is 0.873. The average molecular weight is 252 g/mol. The number of amides is 1. The molecular weight excluding hydrogens is 232 g/mol. The zero-order chi connectivity index (χ0) is 12.3. The van der Waals surface area contributed by atoms with Crippen molar-refractivity contribution in [1.29, 1.82) is 0 Å². The molecule has 1 fully saturated rings. The van der Waals surface area contributed by atoms with Crippen LogP contribution < -0.4 is 5.32 Å². The molecule has 1 aliphatic rings. The fraction of sp³-hybridized carbons (Fsp3) is 0.615. The van der Waals surface area contributed by atoms with Gasteiger partial charge in [0.25, 0.3) is 0 Å². The molecule has 1 N–H and O–H groups in total. The summed E-state index contributed by atoms with van der Waals surface area (Å²) in [6.45, 7) is 5.74. The minimum Gasteiger partial charge on any atom is -0.322 e. The van der Waals surface area contributed by atoms with E-state index in [1.165, 1.54) is 5.56 Å². The van der Waals surface area contributed by atoms with Gasteiger partial charge in [0, 0.05) is 6.54 Å². The van der Waals surface area contributed by atoms with Crippen LogP contribution in [0.3, 0.4) is 0 Å². The minimum atomic E-state index is 0.0920. The van der Waals surface area contributed by atoms with Crippen molar-refractivity contribution in [3.8, 4) is 0 Å². The van der Waals surface area contributed by atoms with Crippen molar-refractivity contribution in [3.05, 3.63) is 22.4 Å². The van der Waals surface area contributed by atoms with Gasteiger partial charge in [0.15, 0.2) is 0 Å². The fourth-order valence-electron chi connectivity index (χ4n) is 2.30. The molecule has 1 atom stereocenters. The SMILES string of the molecule is CCC(CC)CN1C(=O)CNC1c1ccsc1. The zero-order valence-corrected chi connectivity index (χ0v) is 11.3. The zero-order valence-electron chi connectivity index (χ0n) is 10.5. The number of hydrogen-bond donors (Lipinski definition) is 1. The molecule has 0 aliphatic carbocycles. The highest BCUT2D eigenvalue weighted by atomic mass is 32.1. The summed E-state index contributed by atoms with van der Waals surface area (Å²) in [5.74, 6) is 0.841. The van der Waals surface area contributed by atoms with Crippen LogP contribution in [-0.4, -0.2) is 23.9 Å². The van der Waals surface area contributed by atoms with Crippen molar-refractivity contribution in [2.24, 2.45) is 5.92 Å². The van der Waals surface area contributed by atoms with Crippen LogP contribution in [0.2, 0.25) is 0 Å². The van der Waals surface area contributed by atoms with E-state index in [4.69, 9.17) is 0 Å². The Kier molecular flexibility index (Phi) is 4.18. The molecule has 1 unspecified atom stereocenters. The van der Waals surface area contributed by atoms with Crippen LogP contribution in [0, 0.1) is 5.92 Å². The van der Waals surface area contributed by atoms with Crippen LogP contribution in [0.15, 0.2) is 16.8 Å². The molecule has 1 aliphatic heterocycles. The van der Waals surface area contributed by atoms with Crippen molar-refractivity contribution in [3.63, 3.8) is 0 Å². The Morgan fingerprint density at radius 1 is 1.53 bits per heavy atom. The Labute approximate surface area is 107 Å². The molecule has 0 spiro atoms. The van der Waals surface area contributed by atoms with E-state index < -0.39 is 0 Å². The molecule has 1 aromatic rings. The Morgan fingerprint density at radius 3 is 2.88 bits per heavy atom. The van der Waals surface area contributed by atoms with E-state index in [0.29, 0.717) is 12.5 Å². The van der Waals surface area contributed by atoms with Gasteiger partial charge in [-0.15, -0.1) is 0 Å². The monoisotopic (exact) mass is 252 g/mol. The second kappa shape index (κ2) is 5.65. The number of carbonyl (C=O) groups excluding carboxylic acids is 1. The summed E-state index contributed by atoms with van der Waals surface area (Å²) < 4.78 is 0. The maximum Gasteiger partial charge on any atom is 0.238 e. The lowest BCUT2D eigenvalue weighted by Gasteiger charge is -2.27. The summed E-state index contributed by atoms with van der Waals surface area (Å²) in [5, 5.41) is 7.48. The van der Waals surface area contributed by atoms with E-state index in [1.807, 2.05) is 4.90 Å². The molecule has 3 nitrogen and oxygen atoms in total. The molecule has 4 heteroatoms. The van der Waals surface area contributed by atoms with Gasteiger partial charge in [0.05, 0.1) is 6.54 Å². The Balaban J connectivity index is 2.09. The number of nitrogens with zero attached hydrogens (tertiary/aromatic N) is 1. The molecular formula is C13H20N2OS. The first-order valence-electron chi connectivity index (χ1n) is 6.31. The Morgan fingerprint density at radius 2 is 2.29 bits per heavy atom. The van der Waals surface area contributed by atoms with E-state index in [9.17, 15) is 4.79 Å². The number of thiophene rings is 1. The molecule has 94 valence electrons. The van der Waals surface area contributed by atoms with E-state index >= 15 is 0 Å². The summed E-state index contributed by atoms with van der Waals surface area (Å²) in [5.41, 5.74) is 1.21.